The Labute approximate surface area is 124 Å². The lowest BCUT2D eigenvalue weighted by atomic mass is 9.75. The quantitative estimate of drug-likeness (QED) is 0.842. The number of halogens is 1. The van der Waals surface area contributed by atoms with Crippen molar-refractivity contribution in [2.75, 3.05) is 7.11 Å². The molecule has 1 aliphatic rings. The van der Waals surface area contributed by atoms with Crippen molar-refractivity contribution in [2.24, 2.45) is 5.41 Å². The molecular weight excluding hydrogens is 276 g/mol. The number of methoxy groups -OCH3 is 1. The van der Waals surface area contributed by atoms with Crippen LogP contribution in [-0.4, -0.2) is 18.2 Å². The van der Waals surface area contributed by atoms with Crippen molar-refractivity contribution in [3.63, 3.8) is 0 Å². The van der Waals surface area contributed by atoms with Gasteiger partial charge in [0.25, 0.3) is 0 Å². The van der Waals surface area contributed by atoms with Gasteiger partial charge in [0.1, 0.15) is 5.75 Å². The molecule has 0 unspecified atom stereocenters. The first kappa shape index (κ1) is 15.2. The zero-order chi connectivity index (χ0) is 14.6. The molecule has 1 aromatic carbocycles. The number of hydrogen-bond donors (Lipinski definition) is 1. The molecule has 1 saturated carbocycles. The Morgan fingerprint density at radius 2 is 1.95 bits per heavy atom. The van der Waals surface area contributed by atoms with Crippen LogP contribution in [0.15, 0.2) is 18.2 Å². The molecule has 0 saturated heterocycles. The maximum atomic E-state index is 11.8. The first-order valence-electron chi connectivity index (χ1n) is 7.13. The van der Waals surface area contributed by atoms with Crippen molar-refractivity contribution in [2.45, 2.75) is 44.9 Å². The molecule has 1 aromatic rings. The van der Waals surface area contributed by atoms with E-state index >= 15 is 0 Å². The van der Waals surface area contributed by atoms with Gasteiger partial charge in [0.05, 0.1) is 12.5 Å². The zero-order valence-electron chi connectivity index (χ0n) is 11.8. The maximum absolute atomic E-state index is 11.8. The largest absolute Gasteiger partial charge is 0.496 e. The average molecular weight is 297 g/mol. The van der Waals surface area contributed by atoms with Gasteiger partial charge in [-0.25, -0.2) is 0 Å². The van der Waals surface area contributed by atoms with Crippen LogP contribution in [0.1, 0.15) is 44.1 Å². The van der Waals surface area contributed by atoms with Crippen molar-refractivity contribution in [1.82, 2.24) is 0 Å². The molecular formula is C16H21ClO3. The minimum Gasteiger partial charge on any atom is -0.496 e. The maximum Gasteiger partial charge on any atom is 0.309 e. The Morgan fingerprint density at radius 3 is 2.50 bits per heavy atom. The molecule has 0 heterocycles. The Bertz CT molecular complexity index is 477. The number of carbonyl (C=O) groups is 1. The lowest BCUT2D eigenvalue weighted by Crippen LogP contribution is -2.33. The smallest absolute Gasteiger partial charge is 0.309 e. The molecule has 0 spiro atoms. The van der Waals surface area contributed by atoms with Crippen LogP contribution in [0.2, 0.25) is 5.02 Å². The van der Waals surface area contributed by atoms with Gasteiger partial charge in [-0.3, -0.25) is 4.79 Å². The molecule has 20 heavy (non-hydrogen) atoms. The summed E-state index contributed by atoms with van der Waals surface area (Å²) in [6.45, 7) is 0. The molecule has 0 radical (unpaired) electrons. The van der Waals surface area contributed by atoms with Crippen LogP contribution in [0, 0.1) is 5.41 Å². The second-order valence-electron chi connectivity index (χ2n) is 5.63. The molecule has 0 aliphatic heterocycles. The van der Waals surface area contributed by atoms with Crippen LogP contribution in [-0.2, 0) is 11.2 Å². The Kier molecular flexibility index (Phi) is 4.92. The highest BCUT2D eigenvalue weighted by molar-refractivity contribution is 6.30. The van der Waals surface area contributed by atoms with Gasteiger partial charge in [-0.2, -0.15) is 0 Å². The van der Waals surface area contributed by atoms with E-state index in [4.69, 9.17) is 16.3 Å². The predicted octanol–water partition coefficient (Wildman–Crippen LogP) is 4.32. The highest BCUT2D eigenvalue weighted by atomic mass is 35.5. The summed E-state index contributed by atoms with van der Waals surface area (Å²) in [5.41, 5.74) is 0.221. The minimum atomic E-state index is -0.693. The van der Waals surface area contributed by atoms with Crippen LogP contribution in [0.4, 0.5) is 0 Å². The van der Waals surface area contributed by atoms with Gasteiger partial charge in [0, 0.05) is 5.02 Å². The minimum absolute atomic E-state index is 0.492. The van der Waals surface area contributed by atoms with Gasteiger partial charge in [0.15, 0.2) is 0 Å². The third-order valence-electron chi connectivity index (χ3n) is 4.29. The second-order valence-corrected chi connectivity index (χ2v) is 6.07. The van der Waals surface area contributed by atoms with E-state index in [9.17, 15) is 9.90 Å². The van der Waals surface area contributed by atoms with E-state index in [1.54, 1.807) is 13.2 Å². The Morgan fingerprint density at radius 1 is 1.30 bits per heavy atom. The van der Waals surface area contributed by atoms with Gasteiger partial charge in [-0.1, -0.05) is 37.3 Å². The summed E-state index contributed by atoms with van der Waals surface area (Å²) in [6, 6.07) is 5.41. The summed E-state index contributed by atoms with van der Waals surface area (Å²) >= 11 is 6.05. The number of aliphatic carboxylic acids is 1. The lowest BCUT2D eigenvalue weighted by Gasteiger charge is -2.28. The normalized spacial score (nSPS) is 18.3. The number of carboxylic acids is 1. The van der Waals surface area contributed by atoms with Crippen molar-refractivity contribution in [3.8, 4) is 5.75 Å². The van der Waals surface area contributed by atoms with Crippen molar-refractivity contribution < 1.29 is 14.6 Å². The van der Waals surface area contributed by atoms with Crippen LogP contribution < -0.4 is 4.74 Å². The molecule has 4 heteroatoms. The molecule has 1 fully saturated rings. The van der Waals surface area contributed by atoms with Crippen LogP contribution in [0.3, 0.4) is 0 Å². The van der Waals surface area contributed by atoms with E-state index in [0.29, 0.717) is 11.4 Å². The Hall–Kier alpha value is -1.22. The van der Waals surface area contributed by atoms with Crippen LogP contribution in [0.25, 0.3) is 0 Å². The number of carboxylic acid groups (broad SMARTS) is 1. The summed E-state index contributed by atoms with van der Waals surface area (Å²) in [6.07, 6.45) is 6.18. The zero-order valence-corrected chi connectivity index (χ0v) is 12.6. The average Bonchev–Trinajstić information content (AvgIpc) is 2.66. The summed E-state index contributed by atoms with van der Waals surface area (Å²) < 4.78 is 5.35. The summed E-state index contributed by atoms with van der Waals surface area (Å²) in [5.74, 6) is 0.0284. The van der Waals surface area contributed by atoms with E-state index in [-0.39, 0.29) is 0 Å². The highest BCUT2D eigenvalue weighted by Gasteiger charge is 2.39. The standard InChI is InChI=1S/C16H21ClO3/c1-20-14-7-6-13(17)10-12(14)11-16(15(18)19)8-4-2-3-5-9-16/h6-7,10H,2-5,8-9,11H2,1H3,(H,18,19). The molecule has 0 atom stereocenters. The molecule has 0 bridgehead atoms. The fourth-order valence-electron chi connectivity index (χ4n) is 3.12. The summed E-state index contributed by atoms with van der Waals surface area (Å²) in [4.78, 5) is 11.8. The molecule has 2 rings (SSSR count). The first-order valence-corrected chi connectivity index (χ1v) is 7.51. The van der Waals surface area contributed by atoms with E-state index < -0.39 is 11.4 Å². The van der Waals surface area contributed by atoms with Crippen LogP contribution >= 0.6 is 11.6 Å². The fraction of sp³-hybridized carbons (Fsp3) is 0.562. The van der Waals surface area contributed by atoms with Gasteiger partial charge in [-0.05, 0) is 43.0 Å². The van der Waals surface area contributed by atoms with E-state index in [0.717, 1.165) is 49.8 Å². The molecule has 0 amide bonds. The predicted molar refractivity (Wildman–Crippen MR) is 79.5 cm³/mol. The molecule has 110 valence electrons. The van der Waals surface area contributed by atoms with Crippen LogP contribution in [0.5, 0.6) is 5.75 Å². The molecule has 1 aliphatic carbocycles. The van der Waals surface area contributed by atoms with Gasteiger partial charge in [0.2, 0.25) is 0 Å². The van der Waals surface area contributed by atoms with E-state index in [1.165, 1.54) is 0 Å². The second kappa shape index (κ2) is 6.49. The Balaban J connectivity index is 2.32. The first-order chi connectivity index (χ1) is 9.57. The fourth-order valence-corrected chi connectivity index (χ4v) is 3.32. The molecule has 0 aromatic heterocycles. The van der Waals surface area contributed by atoms with Crippen molar-refractivity contribution in [1.29, 1.82) is 0 Å². The highest BCUT2D eigenvalue weighted by Crippen LogP contribution is 2.40. The van der Waals surface area contributed by atoms with E-state index in [2.05, 4.69) is 0 Å². The lowest BCUT2D eigenvalue weighted by molar-refractivity contribution is -0.149. The van der Waals surface area contributed by atoms with Crippen molar-refractivity contribution >= 4 is 17.6 Å². The number of rotatable bonds is 4. The number of benzene rings is 1. The van der Waals surface area contributed by atoms with Crippen molar-refractivity contribution in [3.05, 3.63) is 28.8 Å². The molecule has 1 N–H and O–H groups in total. The number of hydrogen-bond acceptors (Lipinski definition) is 2. The number of ether oxygens (including phenoxy) is 1. The third kappa shape index (κ3) is 3.26. The van der Waals surface area contributed by atoms with E-state index in [1.807, 2.05) is 12.1 Å². The molecule has 3 nitrogen and oxygen atoms in total. The monoisotopic (exact) mass is 296 g/mol. The SMILES string of the molecule is COc1ccc(Cl)cc1CC1(C(=O)O)CCCCCC1. The van der Waals surface area contributed by atoms with Gasteiger partial charge < -0.3 is 9.84 Å². The third-order valence-corrected chi connectivity index (χ3v) is 4.52. The summed E-state index contributed by atoms with van der Waals surface area (Å²) in [7, 11) is 1.60. The van der Waals surface area contributed by atoms with Gasteiger partial charge in [-0.15, -0.1) is 0 Å². The summed E-state index contributed by atoms with van der Waals surface area (Å²) in [5, 5.41) is 10.4. The topological polar surface area (TPSA) is 46.5 Å². The van der Waals surface area contributed by atoms with Gasteiger partial charge >= 0.3 is 5.97 Å².